The summed E-state index contributed by atoms with van der Waals surface area (Å²) >= 11 is 5.83. The van der Waals surface area contributed by atoms with Gasteiger partial charge in [-0.05, 0) is 24.3 Å². The number of carbonyl (C=O) groups is 1. The molecule has 0 saturated carbocycles. The Morgan fingerprint density at radius 2 is 1.63 bits per heavy atom. The summed E-state index contributed by atoms with van der Waals surface area (Å²) in [5.41, 5.74) is 0.743. The molecule has 0 spiro atoms. The Morgan fingerprint density at radius 1 is 1.04 bits per heavy atom. The zero-order valence-electron chi connectivity index (χ0n) is 14.9. The molecule has 0 fully saturated rings. The van der Waals surface area contributed by atoms with Gasteiger partial charge in [0.1, 0.15) is 10.6 Å². The highest BCUT2D eigenvalue weighted by Crippen LogP contribution is 2.34. The minimum Gasteiger partial charge on any atom is -0.496 e. The van der Waals surface area contributed by atoms with Crippen molar-refractivity contribution >= 4 is 27.5 Å². The fraction of sp³-hybridized carbons (Fsp3) is 0.235. The van der Waals surface area contributed by atoms with E-state index >= 15 is 0 Å². The number of primary sulfonamides is 1. The molecule has 0 aromatic heterocycles. The van der Waals surface area contributed by atoms with E-state index in [0.717, 1.165) is 6.07 Å². The first-order valence-corrected chi connectivity index (χ1v) is 9.53. The highest BCUT2D eigenvalue weighted by atomic mass is 35.5. The maximum Gasteiger partial charge on any atom is 0.251 e. The number of hydrogen-bond donors (Lipinski definition) is 2. The lowest BCUT2D eigenvalue weighted by molar-refractivity contribution is 0.0950. The Kier molecular flexibility index (Phi) is 6.53. The Hall–Kier alpha value is -2.49. The Bertz CT molecular complexity index is 962. The van der Waals surface area contributed by atoms with Crippen LogP contribution in [0.3, 0.4) is 0 Å². The number of amides is 1. The maximum absolute atomic E-state index is 12.4. The predicted molar refractivity (Wildman–Crippen MR) is 100 cm³/mol. The van der Waals surface area contributed by atoms with Crippen LogP contribution < -0.4 is 24.7 Å². The maximum atomic E-state index is 12.4. The molecule has 27 heavy (non-hydrogen) atoms. The molecule has 0 aliphatic rings. The lowest BCUT2D eigenvalue weighted by Crippen LogP contribution is -2.24. The van der Waals surface area contributed by atoms with E-state index in [9.17, 15) is 13.2 Å². The van der Waals surface area contributed by atoms with Crippen molar-refractivity contribution in [3.63, 3.8) is 0 Å². The first-order valence-electron chi connectivity index (χ1n) is 7.60. The van der Waals surface area contributed by atoms with E-state index in [1.165, 1.54) is 33.5 Å². The summed E-state index contributed by atoms with van der Waals surface area (Å²) in [7, 11) is 0.441. The van der Waals surface area contributed by atoms with Gasteiger partial charge in [0.25, 0.3) is 5.91 Å². The van der Waals surface area contributed by atoms with Gasteiger partial charge in [-0.15, -0.1) is 0 Å². The van der Waals surface area contributed by atoms with Crippen molar-refractivity contribution in [2.24, 2.45) is 5.14 Å². The van der Waals surface area contributed by atoms with Crippen LogP contribution >= 0.6 is 11.6 Å². The average Bonchev–Trinajstić information content (AvgIpc) is 2.64. The second-order valence-corrected chi connectivity index (χ2v) is 7.33. The van der Waals surface area contributed by atoms with Crippen LogP contribution in [-0.4, -0.2) is 35.7 Å². The van der Waals surface area contributed by atoms with E-state index in [2.05, 4.69) is 5.32 Å². The molecule has 0 radical (unpaired) electrons. The largest absolute Gasteiger partial charge is 0.496 e. The number of nitrogens with two attached hydrogens (primary N) is 1. The quantitative estimate of drug-likeness (QED) is 0.715. The zero-order chi connectivity index (χ0) is 20.2. The first kappa shape index (κ1) is 20.8. The minimum absolute atomic E-state index is 0.0596. The number of carbonyl (C=O) groups excluding carboxylic acids is 1. The second kappa shape index (κ2) is 8.47. The predicted octanol–water partition coefficient (Wildman–Crippen LogP) is 1.94. The molecule has 8 nitrogen and oxygen atoms in total. The molecule has 10 heteroatoms. The van der Waals surface area contributed by atoms with Gasteiger partial charge in [-0.3, -0.25) is 4.79 Å². The highest BCUT2D eigenvalue weighted by Gasteiger charge is 2.17. The van der Waals surface area contributed by atoms with Crippen LogP contribution in [0, 0.1) is 0 Å². The van der Waals surface area contributed by atoms with Crippen molar-refractivity contribution in [3.05, 3.63) is 46.5 Å². The summed E-state index contributed by atoms with van der Waals surface area (Å²) in [6, 6.07) is 7.14. The van der Waals surface area contributed by atoms with Gasteiger partial charge >= 0.3 is 0 Å². The minimum atomic E-state index is -4.05. The number of nitrogens with one attached hydrogen (secondary N) is 1. The third-order valence-electron chi connectivity index (χ3n) is 3.73. The van der Waals surface area contributed by atoms with Crippen molar-refractivity contribution in [1.82, 2.24) is 5.32 Å². The van der Waals surface area contributed by atoms with Gasteiger partial charge in [0, 0.05) is 23.7 Å². The lowest BCUT2D eigenvalue weighted by Gasteiger charge is -2.15. The van der Waals surface area contributed by atoms with E-state index < -0.39 is 15.9 Å². The van der Waals surface area contributed by atoms with E-state index in [0.29, 0.717) is 22.8 Å². The summed E-state index contributed by atoms with van der Waals surface area (Å²) in [6.07, 6.45) is 0. The van der Waals surface area contributed by atoms with Gasteiger partial charge < -0.3 is 19.5 Å². The van der Waals surface area contributed by atoms with Crippen LogP contribution in [0.25, 0.3) is 0 Å². The first-order chi connectivity index (χ1) is 12.7. The number of methoxy groups -OCH3 is 3. The van der Waals surface area contributed by atoms with Crippen molar-refractivity contribution in [3.8, 4) is 17.2 Å². The summed E-state index contributed by atoms with van der Waals surface area (Å²) in [5.74, 6) is 0.952. The van der Waals surface area contributed by atoms with Crippen LogP contribution in [0.5, 0.6) is 17.2 Å². The highest BCUT2D eigenvalue weighted by molar-refractivity contribution is 7.89. The fourth-order valence-corrected chi connectivity index (χ4v) is 3.44. The third-order valence-corrected chi connectivity index (χ3v) is 5.12. The van der Waals surface area contributed by atoms with Gasteiger partial charge in [0.15, 0.2) is 11.5 Å². The van der Waals surface area contributed by atoms with Crippen LogP contribution in [0.15, 0.2) is 35.2 Å². The molecule has 2 aromatic carbocycles. The van der Waals surface area contributed by atoms with Gasteiger partial charge in [0.2, 0.25) is 10.0 Å². The van der Waals surface area contributed by atoms with Crippen LogP contribution in [-0.2, 0) is 16.6 Å². The molecule has 0 unspecified atom stereocenters. The molecule has 2 rings (SSSR count). The molecule has 0 heterocycles. The Labute approximate surface area is 162 Å². The van der Waals surface area contributed by atoms with Crippen LogP contribution in [0.1, 0.15) is 15.9 Å². The van der Waals surface area contributed by atoms with Crippen LogP contribution in [0.2, 0.25) is 5.02 Å². The zero-order valence-corrected chi connectivity index (χ0v) is 16.5. The molecule has 2 aromatic rings. The average molecular weight is 415 g/mol. The number of benzene rings is 2. The molecule has 0 aliphatic carbocycles. The number of hydrogen-bond acceptors (Lipinski definition) is 6. The summed E-state index contributed by atoms with van der Waals surface area (Å²) in [6.45, 7) is 0.107. The third kappa shape index (κ3) is 4.82. The monoisotopic (exact) mass is 414 g/mol. The Morgan fingerprint density at radius 3 is 2.19 bits per heavy atom. The van der Waals surface area contributed by atoms with Gasteiger partial charge in [-0.25, -0.2) is 13.6 Å². The number of halogens is 1. The SMILES string of the molecule is COc1cc(OC)c(OC)cc1CNC(=O)c1ccc(Cl)c(S(N)(=O)=O)c1. The van der Waals surface area contributed by atoms with E-state index in [4.69, 9.17) is 31.0 Å². The fourth-order valence-electron chi connectivity index (χ4n) is 2.37. The summed E-state index contributed by atoms with van der Waals surface area (Å²) in [4.78, 5) is 12.1. The molecule has 146 valence electrons. The van der Waals surface area contributed by atoms with Gasteiger partial charge in [-0.1, -0.05) is 11.6 Å². The number of sulfonamides is 1. The summed E-state index contributed by atoms with van der Waals surface area (Å²) in [5, 5.41) is 7.73. The Balaban J connectivity index is 2.26. The normalized spacial score (nSPS) is 11.0. The molecule has 0 bridgehead atoms. The smallest absolute Gasteiger partial charge is 0.251 e. The number of ether oxygens (including phenoxy) is 3. The molecule has 3 N–H and O–H groups in total. The second-order valence-electron chi connectivity index (χ2n) is 5.39. The molecular formula is C17H19ClN2O6S. The molecule has 0 atom stereocenters. The van der Waals surface area contributed by atoms with Crippen molar-refractivity contribution < 1.29 is 27.4 Å². The standard InChI is InChI=1S/C17H19ClN2O6S/c1-24-13-8-15(26-3)14(25-2)6-11(13)9-20-17(21)10-4-5-12(18)16(7-10)27(19,22)23/h4-8H,9H2,1-3H3,(H,20,21)(H2,19,22,23). The van der Waals surface area contributed by atoms with E-state index in [-0.39, 0.29) is 22.0 Å². The van der Waals surface area contributed by atoms with Crippen molar-refractivity contribution in [2.75, 3.05) is 21.3 Å². The van der Waals surface area contributed by atoms with Crippen LogP contribution in [0.4, 0.5) is 0 Å². The van der Waals surface area contributed by atoms with Gasteiger partial charge in [0.05, 0.1) is 26.4 Å². The number of rotatable bonds is 7. The van der Waals surface area contributed by atoms with E-state index in [1.54, 1.807) is 12.1 Å². The summed E-state index contributed by atoms with van der Waals surface area (Å²) < 4.78 is 38.8. The molecule has 0 aliphatic heterocycles. The molecule has 0 saturated heterocycles. The van der Waals surface area contributed by atoms with Crippen molar-refractivity contribution in [1.29, 1.82) is 0 Å². The van der Waals surface area contributed by atoms with Crippen molar-refractivity contribution in [2.45, 2.75) is 11.4 Å². The molecule has 1 amide bonds. The topological polar surface area (TPSA) is 117 Å². The van der Waals surface area contributed by atoms with Gasteiger partial charge in [-0.2, -0.15) is 0 Å². The molecular weight excluding hydrogens is 396 g/mol. The van der Waals surface area contributed by atoms with E-state index in [1.807, 2.05) is 0 Å². The lowest BCUT2D eigenvalue weighted by atomic mass is 10.1.